The summed E-state index contributed by atoms with van der Waals surface area (Å²) >= 11 is 0. The molecule has 4 N–H and O–H groups in total. The van der Waals surface area contributed by atoms with Crippen molar-refractivity contribution in [2.75, 3.05) is 11.1 Å². The average molecular weight is 379 g/mol. The maximum atomic E-state index is 12.7. The molecule has 9 heteroatoms. The third-order valence-electron chi connectivity index (χ3n) is 4.90. The minimum Gasteiger partial charge on any atom is -0.383 e. The number of benzene rings is 2. The molecule has 0 saturated heterocycles. The second kappa shape index (κ2) is 5.89. The fraction of sp³-hybridized carbons (Fsp3) is 0.158. The summed E-state index contributed by atoms with van der Waals surface area (Å²) in [5.41, 5.74) is 7.09. The highest BCUT2D eigenvalue weighted by atomic mass is 16.6. The lowest BCUT2D eigenvalue weighted by molar-refractivity contribution is -0.384. The van der Waals surface area contributed by atoms with Crippen molar-refractivity contribution in [2.24, 2.45) is 0 Å². The summed E-state index contributed by atoms with van der Waals surface area (Å²) in [5.74, 6) is -0.524. The fourth-order valence-electron chi connectivity index (χ4n) is 3.55. The predicted octanol–water partition coefficient (Wildman–Crippen LogP) is 2.17. The van der Waals surface area contributed by atoms with Crippen molar-refractivity contribution in [3.8, 4) is 5.69 Å². The van der Waals surface area contributed by atoms with E-state index in [9.17, 15) is 20.0 Å². The van der Waals surface area contributed by atoms with E-state index in [-0.39, 0.29) is 17.1 Å². The van der Waals surface area contributed by atoms with Crippen LogP contribution in [0, 0.1) is 24.0 Å². The van der Waals surface area contributed by atoms with Crippen LogP contribution in [0.3, 0.4) is 0 Å². The highest BCUT2D eigenvalue weighted by molar-refractivity contribution is 6.08. The maximum Gasteiger partial charge on any atom is 0.269 e. The number of amides is 1. The van der Waals surface area contributed by atoms with Gasteiger partial charge in [-0.15, -0.1) is 0 Å². The average Bonchev–Trinajstić information content (AvgIpc) is 3.09. The first-order chi connectivity index (χ1) is 13.2. The number of fused-ring (bicyclic) bond motifs is 1. The lowest BCUT2D eigenvalue weighted by Gasteiger charge is -2.21. The van der Waals surface area contributed by atoms with Crippen LogP contribution in [0.1, 0.15) is 22.4 Å². The molecule has 1 amide bonds. The minimum atomic E-state index is -1.98. The standard InChI is InChI=1S/C19H17N5O4/c1-10-3-8-15-14(9-10)19(26,18(25)21-15)16-11(2)22-23(17(16)20)12-4-6-13(7-5-12)24(27)28/h3-9,26H,20H2,1-2H3,(H,21,25)/t19-/m0/s1. The van der Waals surface area contributed by atoms with Crippen LogP contribution in [0.15, 0.2) is 42.5 Å². The number of nitrogens with one attached hydrogen (secondary N) is 1. The van der Waals surface area contributed by atoms with Crippen LogP contribution < -0.4 is 11.1 Å². The van der Waals surface area contributed by atoms with Gasteiger partial charge in [0.15, 0.2) is 0 Å². The van der Waals surface area contributed by atoms with Crippen LogP contribution in [0.2, 0.25) is 0 Å². The molecule has 1 aromatic heterocycles. The van der Waals surface area contributed by atoms with Gasteiger partial charge in [-0.05, 0) is 32.0 Å². The fourth-order valence-corrected chi connectivity index (χ4v) is 3.55. The zero-order valence-electron chi connectivity index (χ0n) is 15.1. The van der Waals surface area contributed by atoms with E-state index in [0.717, 1.165) is 5.56 Å². The highest BCUT2D eigenvalue weighted by Gasteiger charge is 2.50. The van der Waals surface area contributed by atoms with Crippen molar-refractivity contribution in [1.82, 2.24) is 9.78 Å². The normalized spacial score (nSPS) is 18.0. The Morgan fingerprint density at radius 3 is 2.54 bits per heavy atom. The second-order valence-corrected chi connectivity index (χ2v) is 6.74. The van der Waals surface area contributed by atoms with Gasteiger partial charge in [-0.2, -0.15) is 5.10 Å². The summed E-state index contributed by atoms with van der Waals surface area (Å²) in [4.78, 5) is 23.1. The van der Waals surface area contributed by atoms with Crippen molar-refractivity contribution in [1.29, 1.82) is 0 Å². The van der Waals surface area contributed by atoms with E-state index in [0.29, 0.717) is 22.6 Å². The molecule has 1 aliphatic heterocycles. The number of nitrogens with zero attached hydrogens (tertiary/aromatic N) is 3. The molecule has 4 rings (SSSR count). The van der Waals surface area contributed by atoms with Gasteiger partial charge in [-0.25, -0.2) is 4.68 Å². The van der Waals surface area contributed by atoms with E-state index < -0.39 is 16.4 Å². The summed E-state index contributed by atoms with van der Waals surface area (Å²) < 4.78 is 1.35. The number of hydrogen-bond donors (Lipinski definition) is 3. The Hall–Kier alpha value is -3.72. The largest absolute Gasteiger partial charge is 0.383 e. The molecule has 2 aromatic carbocycles. The Balaban J connectivity index is 1.88. The van der Waals surface area contributed by atoms with E-state index in [1.165, 1.54) is 28.9 Å². The molecule has 0 radical (unpaired) electrons. The van der Waals surface area contributed by atoms with Gasteiger partial charge in [0.2, 0.25) is 5.60 Å². The molecular weight excluding hydrogens is 362 g/mol. The van der Waals surface area contributed by atoms with Gasteiger partial charge in [0.25, 0.3) is 11.6 Å². The lowest BCUT2D eigenvalue weighted by Crippen LogP contribution is -2.36. The van der Waals surface area contributed by atoms with Crippen molar-refractivity contribution in [3.05, 3.63) is 75.0 Å². The molecular formula is C19H17N5O4. The SMILES string of the molecule is Cc1ccc2c(c1)[C@](O)(c1c(C)nn(-c3ccc([N+](=O)[O-])cc3)c1N)C(=O)N2. The number of nitrogen functional groups attached to an aromatic ring is 1. The van der Waals surface area contributed by atoms with Gasteiger partial charge in [0.05, 0.1) is 21.9 Å². The molecule has 142 valence electrons. The van der Waals surface area contributed by atoms with Gasteiger partial charge in [0, 0.05) is 23.4 Å². The van der Waals surface area contributed by atoms with E-state index in [1.54, 1.807) is 19.1 Å². The van der Waals surface area contributed by atoms with Gasteiger partial charge in [-0.1, -0.05) is 17.7 Å². The Labute approximate surface area is 159 Å². The molecule has 0 unspecified atom stereocenters. The zero-order valence-corrected chi connectivity index (χ0v) is 15.1. The highest BCUT2D eigenvalue weighted by Crippen LogP contribution is 2.44. The predicted molar refractivity (Wildman–Crippen MR) is 102 cm³/mol. The number of rotatable bonds is 3. The number of non-ortho nitro benzene ring substituents is 1. The number of aliphatic hydroxyl groups is 1. The van der Waals surface area contributed by atoms with Crippen LogP contribution in [-0.2, 0) is 10.4 Å². The summed E-state index contributed by atoms with van der Waals surface area (Å²) in [7, 11) is 0. The van der Waals surface area contributed by atoms with Gasteiger partial charge >= 0.3 is 0 Å². The number of hydrogen-bond acceptors (Lipinski definition) is 6. The number of nitro groups is 1. The van der Waals surface area contributed by atoms with E-state index in [2.05, 4.69) is 10.4 Å². The number of aryl methyl sites for hydroxylation is 2. The Bertz CT molecular complexity index is 1140. The third kappa shape index (κ3) is 2.37. The van der Waals surface area contributed by atoms with Crippen molar-refractivity contribution < 1.29 is 14.8 Å². The first-order valence-electron chi connectivity index (χ1n) is 8.49. The van der Waals surface area contributed by atoms with Crippen LogP contribution in [-0.4, -0.2) is 25.7 Å². The summed E-state index contributed by atoms with van der Waals surface area (Å²) in [5, 5.41) is 29.3. The monoisotopic (exact) mass is 379 g/mol. The molecule has 9 nitrogen and oxygen atoms in total. The molecule has 0 bridgehead atoms. The van der Waals surface area contributed by atoms with E-state index >= 15 is 0 Å². The van der Waals surface area contributed by atoms with Crippen molar-refractivity contribution >= 4 is 23.1 Å². The van der Waals surface area contributed by atoms with Gasteiger partial charge in [0.1, 0.15) is 5.82 Å². The summed E-state index contributed by atoms with van der Waals surface area (Å²) in [6, 6.07) is 11.0. The van der Waals surface area contributed by atoms with Crippen LogP contribution in [0.5, 0.6) is 0 Å². The van der Waals surface area contributed by atoms with Gasteiger partial charge in [-0.3, -0.25) is 14.9 Å². The molecule has 1 aliphatic rings. The maximum absolute atomic E-state index is 12.7. The van der Waals surface area contributed by atoms with Gasteiger partial charge < -0.3 is 16.2 Å². The molecule has 0 aliphatic carbocycles. The molecule has 28 heavy (non-hydrogen) atoms. The van der Waals surface area contributed by atoms with Crippen LogP contribution >= 0.6 is 0 Å². The van der Waals surface area contributed by atoms with E-state index in [4.69, 9.17) is 5.73 Å². The third-order valence-corrected chi connectivity index (χ3v) is 4.90. The molecule has 3 aromatic rings. The van der Waals surface area contributed by atoms with Crippen molar-refractivity contribution in [3.63, 3.8) is 0 Å². The first kappa shape index (κ1) is 17.7. The zero-order chi connectivity index (χ0) is 20.2. The number of nitro benzene ring substituents is 1. The number of carbonyl (C=O) groups excluding carboxylic acids is 1. The first-order valence-corrected chi connectivity index (χ1v) is 8.49. The number of anilines is 2. The van der Waals surface area contributed by atoms with Crippen LogP contribution in [0.4, 0.5) is 17.2 Å². The lowest BCUT2D eigenvalue weighted by atomic mass is 9.86. The number of carbonyl (C=O) groups is 1. The second-order valence-electron chi connectivity index (χ2n) is 6.74. The summed E-state index contributed by atoms with van der Waals surface area (Å²) in [6.45, 7) is 3.51. The Morgan fingerprint density at radius 1 is 1.21 bits per heavy atom. The topological polar surface area (TPSA) is 136 Å². The smallest absolute Gasteiger partial charge is 0.269 e. The molecule has 1 atom stereocenters. The Kier molecular flexibility index (Phi) is 3.72. The van der Waals surface area contributed by atoms with Crippen LogP contribution in [0.25, 0.3) is 5.69 Å². The molecule has 0 spiro atoms. The van der Waals surface area contributed by atoms with Crippen molar-refractivity contribution in [2.45, 2.75) is 19.4 Å². The quantitative estimate of drug-likeness (QED) is 0.471. The summed E-state index contributed by atoms with van der Waals surface area (Å²) in [6.07, 6.45) is 0. The van der Waals surface area contributed by atoms with E-state index in [1.807, 2.05) is 13.0 Å². The Morgan fingerprint density at radius 2 is 1.89 bits per heavy atom. The number of nitrogens with two attached hydrogens (primary N) is 1. The molecule has 2 heterocycles. The minimum absolute atomic E-state index is 0.0652. The molecule has 0 saturated carbocycles. The molecule has 0 fully saturated rings. The number of aromatic nitrogens is 2.